The van der Waals surface area contributed by atoms with E-state index in [9.17, 15) is 5.11 Å². The highest BCUT2D eigenvalue weighted by Gasteiger charge is 2.27. The molecular weight excluding hydrogens is 250 g/mol. The highest BCUT2D eigenvalue weighted by Crippen LogP contribution is 2.26. The fourth-order valence-corrected chi connectivity index (χ4v) is 3.06. The quantitative estimate of drug-likeness (QED) is 0.842. The molecule has 0 aromatic carbocycles. The number of aliphatic hydroxyl groups is 1. The summed E-state index contributed by atoms with van der Waals surface area (Å²) in [5, 5.41) is 14.0. The fourth-order valence-electron chi connectivity index (χ4n) is 3.06. The molecule has 108 valence electrons. The van der Waals surface area contributed by atoms with Crippen molar-refractivity contribution in [1.82, 2.24) is 14.7 Å². The summed E-state index contributed by atoms with van der Waals surface area (Å²) in [6, 6.07) is 6.00. The first kappa shape index (κ1) is 13.6. The Kier molecular flexibility index (Phi) is 4.03. The molecule has 1 saturated carbocycles. The van der Waals surface area contributed by atoms with Crippen LogP contribution in [-0.2, 0) is 6.54 Å². The van der Waals surface area contributed by atoms with Gasteiger partial charge in [0.25, 0.3) is 0 Å². The molecule has 3 rings (SSSR count). The molecular formula is C16H23N3O. The van der Waals surface area contributed by atoms with Crippen molar-refractivity contribution in [3.05, 3.63) is 36.3 Å². The molecule has 0 spiro atoms. The minimum Gasteiger partial charge on any atom is -0.389 e. The number of pyridine rings is 1. The lowest BCUT2D eigenvalue weighted by atomic mass is 9.94. The molecule has 2 heterocycles. The lowest BCUT2D eigenvalue weighted by Gasteiger charge is -2.26. The molecule has 1 fully saturated rings. The summed E-state index contributed by atoms with van der Waals surface area (Å²) in [6.07, 6.45) is 10.7. The van der Waals surface area contributed by atoms with Gasteiger partial charge in [0.15, 0.2) is 0 Å². The lowest BCUT2D eigenvalue weighted by molar-refractivity contribution is 0.0250. The van der Waals surface area contributed by atoms with Gasteiger partial charge in [0.2, 0.25) is 0 Å². The van der Waals surface area contributed by atoms with Crippen molar-refractivity contribution in [2.75, 3.05) is 6.54 Å². The van der Waals surface area contributed by atoms with Gasteiger partial charge in [0, 0.05) is 25.5 Å². The minimum absolute atomic E-state index is 0.518. The second-order valence-corrected chi connectivity index (χ2v) is 5.94. The van der Waals surface area contributed by atoms with E-state index in [1.54, 1.807) is 0 Å². The molecule has 0 unspecified atom stereocenters. The van der Waals surface area contributed by atoms with E-state index < -0.39 is 5.60 Å². The van der Waals surface area contributed by atoms with Crippen LogP contribution in [0.3, 0.4) is 0 Å². The zero-order chi connectivity index (χ0) is 13.8. The van der Waals surface area contributed by atoms with E-state index in [0.29, 0.717) is 13.1 Å². The highest BCUT2D eigenvalue weighted by atomic mass is 16.3. The number of fused-ring (bicyclic) bond motifs is 1. The van der Waals surface area contributed by atoms with E-state index in [2.05, 4.69) is 10.3 Å². The van der Waals surface area contributed by atoms with Gasteiger partial charge in [0.1, 0.15) is 5.65 Å². The molecule has 0 aliphatic heterocycles. The van der Waals surface area contributed by atoms with Crippen LogP contribution < -0.4 is 5.32 Å². The second kappa shape index (κ2) is 5.94. The number of hydrogen-bond donors (Lipinski definition) is 2. The largest absolute Gasteiger partial charge is 0.389 e. The van der Waals surface area contributed by atoms with Crippen LogP contribution in [0.15, 0.2) is 30.6 Å². The molecule has 0 atom stereocenters. The molecule has 0 radical (unpaired) electrons. The van der Waals surface area contributed by atoms with Crippen molar-refractivity contribution in [2.24, 2.45) is 0 Å². The summed E-state index contributed by atoms with van der Waals surface area (Å²) >= 11 is 0. The van der Waals surface area contributed by atoms with E-state index in [-0.39, 0.29) is 0 Å². The third-order valence-corrected chi connectivity index (χ3v) is 4.21. The zero-order valence-corrected chi connectivity index (χ0v) is 11.9. The van der Waals surface area contributed by atoms with Crippen molar-refractivity contribution in [3.8, 4) is 0 Å². The molecule has 20 heavy (non-hydrogen) atoms. The molecule has 0 amide bonds. The summed E-state index contributed by atoms with van der Waals surface area (Å²) in [5.74, 6) is 0. The third-order valence-electron chi connectivity index (χ3n) is 4.21. The van der Waals surface area contributed by atoms with Gasteiger partial charge >= 0.3 is 0 Å². The van der Waals surface area contributed by atoms with Gasteiger partial charge in [-0.2, -0.15) is 0 Å². The number of aromatic nitrogens is 2. The summed E-state index contributed by atoms with van der Waals surface area (Å²) in [6.45, 7) is 1.38. The Bertz CT molecular complexity index is 523. The summed E-state index contributed by atoms with van der Waals surface area (Å²) in [7, 11) is 0. The van der Waals surface area contributed by atoms with Gasteiger partial charge in [-0.05, 0) is 25.0 Å². The van der Waals surface area contributed by atoms with E-state index in [4.69, 9.17) is 0 Å². The molecule has 0 bridgehead atoms. The zero-order valence-electron chi connectivity index (χ0n) is 11.9. The molecule has 4 heteroatoms. The van der Waals surface area contributed by atoms with Crippen molar-refractivity contribution < 1.29 is 5.11 Å². The first-order valence-electron chi connectivity index (χ1n) is 7.61. The monoisotopic (exact) mass is 273 g/mol. The predicted molar refractivity (Wildman–Crippen MR) is 79.6 cm³/mol. The number of nitrogens with one attached hydrogen (secondary N) is 1. The van der Waals surface area contributed by atoms with Gasteiger partial charge in [0.05, 0.1) is 11.3 Å². The molecule has 1 aliphatic rings. The Morgan fingerprint density at radius 2 is 2.00 bits per heavy atom. The smallest absolute Gasteiger partial charge is 0.137 e. The van der Waals surface area contributed by atoms with Gasteiger partial charge in [-0.3, -0.25) is 0 Å². The Labute approximate surface area is 119 Å². The van der Waals surface area contributed by atoms with Crippen molar-refractivity contribution in [1.29, 1.82) is 0 Å². The van der Waals surface area contributed by atoms with E-state index in [0.717, 1.165) is 37.0 Å². The predicted octanol–water partition coefficient (Wildman–Crippen LogP) is 2.51. The first-order valence-corrected chi connectivity index (χ1v) is 7.61. The van der Waals surface area contributed by atoms with E-state index in [1.807, 2.05) is 35.0 Å². The van der Waals surface area contributed by atoms with Crippen molar-refractivity contribution in [3.63, 3.8) is 0 Å². The number of nitrogens with zero attached hydrogens (tertiary/aromatic N) is 2. The van der Waals surface area contributed by atoms with Crippen LogP contribution in [0.4, 0.5) is 0 Å². The maximum atomic E-state index is 10.6. The third kappa shape index (κ3) is 3.19. The average Bonchev–Trinajstić information content (AvgIpc) is 2.73. The molecule has 0 saturated heterocycles. The Hall–Kier alpha value is -1.39. The van der Waals surface area contributed by atoms with Gasteiger partial charge in [-0.15, -0.1) is 0 Å². The number of imidazole rings is 1. The second-order valence-electron chi connectivity index (χ2n) is 5.94. The summed E-state index contributed by atoms with van der Waals surface area (Å²) < 4.78 is 2.03. The van der Waals surface area contributed by atoms with Crippen LogP contribution in [0.2, 0.25) is 0 Å². The normalized spacial score (nSPS) is 19.1. The molecule has 2 N–H and O–H groups in total. The van der Waals surface area contributed by atoms with Gasteiger partial charge in [-0.25, -0.2) is 4.98 Å². The van der Waals surface area contributed by atoms with E-state index in [1.165, 1.54) is 12.8 Å². The Morgan fingerprint density at radius 3 is 2.75 bits per heavy atom. The minimum atomic E-state index is -0.518. The molecule has 1 aliphatic carbocycles. The van der Waals surface area contributed by atoms with Crippen LogP contribution in [0.25, 0.3) is 5.65 Å². The Balaban J connectivity index is 1.56. The van der Waals surface area contributed by atoms with Crippen molar-refractivity contribution in [2.45, 2.75) is 50.7 Å². The summed E-state index contributed by atoms with van der Waals surface area (Å²) in [5.41, 5.74) is 1.47. The van der Waals surface area contributed by atoms with Crippen LogP contribution in [-0.4, -0.2) is 26.6 Å². The van der Waals surface area contributed by atoms with Crippen LogP contribution >= 0.6 is 0 Å². The Morgan fingerprint density at radius 1 is 1.20 bits per heavy atom. The van der Waals surface area contributed by atoms with Gasteiger partial charge in [-0.1, -0.05) is 31.7 Å². The first-order chi connectivity index (χ1) is 9.75. The highest BCUT2D eigenvalue weighted by molar-refractivity contribution is 5.39. The van der Waals surface area contributed by atoms with E-state index >= 15 is 0 Å². The molecule has 4 nitrogen and oxygen atoms in total. The molecule has 2 aromatic rings. The van der Waals surface area contributed by atoms with Crippen molar-refractivity contribution >= 4 is 5.65 Å². The standard InChI is InChI=1S/C16H23N3O/c20-16(8-4-1-2-5-9-16)13-17-11-14-12-19-10-6-3-7-15(19)18-14/h3,6-7,10,12,17,20H,1-2,4-5,8-9,11,13H2. The maximum absolute atomic E-state index is 10.6. The van der Waals surface area contributed by atoms with Gasteiger partial charge < -0.3 is 14.8 Å². The number of rotatable bonds is 4. The average molecular weight is 273 g/mol. The molecule has 2 aromatic heterocycles. The van der Waals surface area contributed by atoms with Crippen LogP contribution in [0.5, 0.6) is 0 Å². The fraction of sp³-hybridized carbons (Fsp3) is 0.562. The number of hydrogen-bond acceptors (Lipinski definition) is 3. The van der Waals surface area contributed by atoms with Crippen LogP contribution in [0, 0.1) is 0 Å². The maximum Gasteiger partial charge on any atom is 0.137 e. The topological polar surface area (TPSA) is 49.6 Å². The lowest BCUT2D eigenvalue weighted by Crippen LogP contribution is -2.39. The SMILES string of the molecule is OC1(CNCc2cn3ccccc3n2)CCCCCC1. The summed E-state index contributed by atoms with van der Waals surface area (Å²) in [4.78, 5) is 4.56. The van der Waals surface area contributed by atoms with Crippen LogP contribution in [0.1, 0.15) is 44.2 Å².